The third-order valence-electron chi connectivity index (χ3n) is 2.94. The fraction of sp³-hybridized carbons (Fsp3) is 0.214. The van der Waals surface area contributed by atoms with Crippen LogP contribution in [0.1, 0.15) is 23.7 Å². The molecule has 0 atom stereocenters. The van der Waals surface area contributed by atoms with Crippen molar-refractivity contribution in [3.63, 3.8) is 0 Å². The maximum absolute atomic E-state index is 12.2. The number of aliphatic hydroxyl groups excluding tert-OH is 1. The van der Waals surface area contributed by atoms with Crippen molar-refractivity contribution in [1.29, 1.82) is 0 Å². The van der Waals surface area contributed by atoms with Crippen molar-refractivity contribution >= 4 is 17.6 Å². The summed E-state index contributed by atoms with van der Waals surface area (Å²) in [4.78, 5) is 36.6. The lowest BCUT2D eigenvalue weighted by atomic mass is 10.0. The van der Waals surface area contributed by atoms with Gasteiger partial charge in [-0.25, -0.2) is 0 Å². The molecule has 0 radical (unpaired) electrons. The van der Waals surface area contributed by atoms with E-state index < -0.39 is 17.6 Å². The first-order valence-electron chi connectivity index (χ1n) is 5.86. The lowest BCUT2D eigenvalue weighted by Crippen LogP contribution is -2.43. The highest BCUT2D eigenvalue weighted by atomic mass is 16.3. The molecule has 0 aliphatic carbocycles. The second-order valence-electron chi connectivity index (χ2n) is 4.26. The van der Waals surface area contributed by atoms with Crippen LogP contribution in [-0.2, 0) is 9.59 Å². The van der Waals surface area contributed by atoms with Crippen LogP contribution in [0.2, 0.25) is 0 Å². The molecule has 5 nitrogen and oxygen atoms in total. The molecular formula is C14H13NO4. The third-order valence-corrected chi connectivity index (χ3v) is 2.94. The summed E-state index contributed by atoms with van der Waals surface area (Å²) in [6, 6.07) is 8.35. The first-order valence-corrected chi connectivity index (χ1v) is 5.86. The van der Waals surface area contributed by atoms with Gasteiger partial charge in [-0.05, 0) is 19.1 Å². The van der Waals surface area contributed by atoms with Crippen molar-refractivity contribution in [2.75, 3.05) is 6.54 Å². The number of hydrogen-bond donors (Lipinski definition) is 1. The van der Waals surface area contributed by atoms with Crippen molar-refractivity contribution in [2.45, 2.75) is 13.3 Å². The Morgan fingerprint density at radius 2 is 1.84 bits per heavy atom. The highest BCUT2D eigenvalue weighted by Crippen LogP contribution is 2.20. The molecule has 0 bridgehead atoms. The Balaban J connectivity index is 2.32. The van der Waals surface area contributed by atoms with Gasteiger partial charge >= 0.3 is 0 Å². The average Bonchev–Trinajstić information content (AvgIpc) is 2.39. The standard InChI is InChI=1S/C14H13NO4/c1-9(16)12-11(17)7-8-15(14(12)19)13(18)10-5-3-2-4-6-10/h2-6,17H,7-8H2,1H3. The van der Waals surface area contributed by atoms with Crippen molar-refractivity contribution in [1.82, 2.24) is 4.90 Å². The van der Waals surface area contributed by atoms with Gasteiger partial charge in [0.25, 0.3) is 11.8 Å². The molecular weight excluding hydrogens is 246 g/mol. The number of Topliss-reactive ketones (excluding diaryl/α,β-unsaturated/α-hetero) is 1. The van der Waals surface area contributed by atoms with E-state index in [1.54, 1.807) is 30.3 Å². The molecule has 0 unspecified atom stereocenters. The van der Waals surface area contributed by atoms with Crippen LogP contribution in [0.4, 0.5) is 0 Å². The van der Waals surface area contributed by atoms with Gasteiger partial charge < -0.3 is 5.11 Å². The van der Waals surface area contributed by atoms with Crippen LogP contribution in [-0.4, -0.2) is 34.1 Å². The minimum Gasteiger partial charge on any atom is -0.511 e. The summed E-state index contributed by atoms with van der Waals surface area (Å²) < 4.78 is 0. The predicted octanol–water partition coefficient (Wildman–Crippen LogP) is 1.46. The molecule has 0 saturated heterocycles. The van der Waals surface area contributed by atoms with Crippen LogP contribution in [0.3, 0.4) is 0 Å². The van der Waals surface area contributed by atoms with Crippen LogP contribution in [0.25, 0.3) is 0 Å². The zero-order chi connectivity index (χ0) is 14.0. The molecule has 1 aliphatic heterocycles. The van der Waals surface area contributed by atoms with Gasteiger partial charge in [0.1, 0.15) is 11.3 Å². The van der Waals surface area contributed by atoms with E-state index in [-0.39, 0.29) is 24.3 Å². The van der Waals surface area contributed by atoms with Crippen LogP contribution >= 0.6 is 0 Å². The fourth-order valence-corrected chi connectivity index (χ4v) is 1.99. The second-order valence-corrected chi connectivity index (χ2v) is 4.26. The van der Waals surface area contributed by atoms with Crippen molar-refractivity contribution in [3.8, 4) is 0 Å². The van der Waals surface area contributed by atoms with Crippen molar-refractivity contribution in [3.05, 3.63) is 47.2 Å². The Bertz CT molecular complexity index is 574. The van der Waals surface area contributed by atoms with E-state index in [9.17, 15) is 19.5 Å². The van der Waals surface area contributed by atoms with E-state index in [4.69, 9.17) is 0 Å². The zero-order valence-electron chi connectivity index (χ0n) is 10.4. The highest BCUT2D eigenvalue weighted by Gasteiger charge is 2.33. The Hall–Kier alpha value is -2.43. The summed E-state index contributed by atoms with van der Waals surface area (Å²) in [6.45, 7) is 1.27. The molecule has 1 N–H and O–H groups in total. The topological polar surface area (TPSA) is 74.7 Å². The smallest absolute Gasteiger partial charge is 0.267 e. The maximum atomic E-state index is 12.2. The molecule has 1 aliphatic rings. The van der Waals surface area contributed by atoms with E-state index >= 15 is 0 Å². The van der Waals surface area contributed by atoms with Crippen molar-refractivity contribution in [2.24, 2.45) is 0 Å². The average molecular weight is 259 g/mol. The molecule has 1 aromatic carbocycles. The van der Waals surface area contributed by atoms with Crippen LogP contribution in [0.5, 0.6) is 0 Å². The summed E-state index contributed by atoms with van der Waals surface area (Å²) in [5, 5.41) is 9.58. The number of ketones is 1. The molecule has 2 rings (SSSR count). The Kier molecular flexibility index (Phi) is 3.46. The molecule has 0 aromatic heterocycles. The summed E-state index contributed by atoms with van der Waals surface area (Å²) in [5.74, 6) is -1.97. The van der Waals surface area contributed by atoms with E-state index in [1.807, 2.05) is 0 Å². The number of nitrogens with zero attached hydrogens (tertiary/aromatic N) is 1. The fourth-order valence-electron chi connectivity index (χ4n) is 1.99. The molecule has 5 heteroatoms. The molecule has 1 heterocycles. The Labute approximate surface area is 110 Å². The van der Waals surface area contributed by atoms with E-state index in [0.717, 1.165) is 4.90 Å². The number of benzene rings is 1. The highest BCUT2D eigenvalue weighted by molar-refractivity contribution is 6.23. The van der Waals surface area contributed by atoms with Gasteiger partial charge in [-0.2, -0.15) is 0 Å². The number of carbonyl (C=O) groups excluding carboxylic acids is 3. The summed E-state index contributed by atoms with van der Waals surface area (Å²) in [6.07, 6.45) is 0.110. The first kappa shape index (κ1) is 13.0. The largest absolute Gasteiger partial charge is 0.511 e. The molecule has 98 valence electrons. The SMILES string of the molecule is CC(=O)C1=C(O)CCN(C(=O)c2ccccc2)C1=O. The van der Waals surface area contributed by atoms with Gasteiger partial charge in [-0.3, -0.25) is 19.3 Å². The van der Waals surface area contributed by atoms with Gasteiger partial charge in [0, 0.05) is 18.5 Å². The van der Waals surface area contributed by atoms with Crippen LogP contribution in [0, 0.1) is 0 Å². The summed E-state index contributed by atoms with van der Waals surface area (Å²) >= 11 is 0. The number of rotatable bonds is 2. The molecule has 0 fully saturated rings. The van der Waals surface area contributed by atoms with Gasteiger partial charge in [-0.1, -0.05) is 18.2 Å². The first-order chi connectivity index (χ1) is 9.02. The van der Waals surface area contributed by atoms with Crippen LogP contribution in [0.15, 0.2) is 41.7 Å². The monoisotopic (exact) mass is 259 g/mol. The van der Waals surface area contributed by atoms with Gasteiger partial charge in [-0.15, -0.1) is 0 Å². The molecule has 19 heavy (non-hydrogen) atoms. The van der Waals surface area contributed by atoms with Gasteiger partial charge in [0.05, 0.1) is 0 Å². The summed E-state index contributed by atoms with van der Waals surface area (Å²) in [5.41, 5.74) is 0.0793. The maximum Gasteiger partial charge on any atom is 0.267 e. The van der Waals surface area contributed by atoms with Crippen molar-refractivity contribution < 1.29 is 19.5 Å². The predicted molar refractivity (Wildman–Crippen MR) is 67.4 cm³/mol. The van der Waals surface area contributed by atoms with Crippen LogP contribution < -0.4 is 0 Å². The normalized spacial score (nSPS) is 15.6. The Morgan fingerprint density at radius 1 is 1.21 bits per heavy atom. The molecule has 0 spiro atoms. The molecule has 0 saturated carbocycles. The minimum atomic E-state index is -0.731. The number of aliphatic hydroxyl groups is 1. The third kappa shape index (κ3) is 2.40. The van der Waals surface area contributed by atoms with E-state index in [0.29, 0.717) is 5.56 Å². The lowest BCUT2D eigenvalue weighted by Gasteiger charge is -2.26. The minimum absolute atomic E-state index is 0.0785. The number of amides is 2. The second kappa shape index (κ2) is 5.06. The van der Waals surface area contributed by atoms with E-state index in [1.165, 1.54) is 6.92 Å². The zero-order valence-corrected chi connectivity index (χ0v) is 10.4. The number of imide groups is 1. The van der Waals surface area contributed by atoms with Gasteiger partial charge in [0.15, 0.2) is 5.78 Å². The van der Waals surface area contributed by atoms with E-state index in [2.05, 4.69) is 0 Å². The summed E-state index contributed by atoms with van der Waals surface area (Å²) in [7, 11) is 0. The molecule has 1 aromatic rings. The lowest BCUT2D eigenvalue weighted by molar-refractivity contribution is -0.128. The number of hydrogen-bond acceptors (Lipinski definition) is 4. The quantitative estimate of drug-likeness (QED) is 0.644. The Morgan fingerprint density at radius 3 is 2.42 bits per heavy atom. The number of carbonyl (C=O) groups is 3. The molecule has 2 amide bonds. The van der Waals surface area contributed by atoms with Gasteiger partial charge in [0.2, 0.25) is 0 Å².